The number of hydrogen-bond acceptors (Lipinski definition) is 16. The molecule has 2 saturated heterocycles. The Labute approximate surface area is 297 Å². The van der Waals surface area contributed by atoms with E-state index in [-0.39, 0.29) is 30.9 Å². The van der Waals surface area contributed by atoms with E-state index in [0.29, 0.717) is 17.3 Å². The second-order valence-electron chi connectivity index (χ2n) is 11.7. The van der Waals surface area contributed by atoms with Crippen LogP contribution in [0.4, 0.5) is 13.2 Å². The first-order valence-electron chi connectivity index (χ1n) is 15.7. The number of carbonyl (C=O) groups excluding carboxylic acids is 2. The summed E-state index contributed by atoms with van der Waals surface area (Å²) < 4.78 is 78.4. The number of benzene rings is 1. The molecule has 0 amide bonds. The van der Waals surface area contributed by atoms with Gasteiger partial charge in [-0.2, -0.15) is 0 Å². The number of rotatable bonds is 11. The molecule has 52 heavy (non-hydrogen) atoms. The second-order valence-corrected chi connectivity index (χ2v) is 13.1. The summed E-state index contributed by atoms with van der Waals surface area (Å²) in [5.41, 5.74) is -0.775. The van der Waals surface area contributed by atoms with Crippen LogP contribution in [0.2, 0.25) is 0 Å². The van der Waals surface area contributed by atoms with Crippen molar-refractivity contribution < 1.29 is 56.3 Å². The lowest BCUT2D eigenvalue weighted by Crippen LogP contribution is -2.57. The van der Waals surface area contributed by atoms with Crippen LogP contribution >= 0.6 is 11.8 Å². The molecule has 4 aromatic rings. The van der Waals surface area contributed by atoms with Crippen LogP contribution in [0.1, 0.15) is 25.4 Å². The molecule has 2 fully saturated rings. The van der Waals surface area contributed by atoms with Crippen molar-refractivity contribution >= 4 is 23.7 Å². The molecule has 8 atom stereocenters. The van der Waals surface area contributed by atoms with Crippen LogP contribution in [0.25, 0.3) is 22.8 Å². The summed E-state index contributed by atoms with van der Waals surface area (Å²) in [4.78, 5) is 33.4. The Hall–Kier alpha value is -4.70. The Bertz CT molecular complexity index is 1860. The van der Waals surface area contributed by atoms with Crippen molar-refractivity contribution in [1.82, 2.24) is 40.0 Å². The lowest BCUT2D eigenvalue weighted by molar-refractivity contribution is -0.203. The van der Waals surface area contributed by atoms with Crippen molar-refractivity contribution in [2.75, 3.05) is 34.5 Å². The molecule has 6 rings (SSSR count). The number of ether oxygens (including phenoxy) is 6. The third-order valence-corrected chi connectivity index (χ3v) is 9.89. The molecule has 0 aliphatic carbocycles. The van der Waals surface area contributed by atoms with E-state index in [2.05, 4.69) is 30.6 Å². The van der Waals surface area contributed by atoms with E-state index < -0.39 is 76.6 Å². The summed E-state index contributed by atoms with van der Waals surface area (Å²) >= 11 is 1.14. The summed E-state index contributed by atoms with van der Waals surface area (Å²) in [6, 6.07) is -0.225. The number of methoxy groups -OCH3 is 3. The highest BCUT2D eigenvalue weighted by Crippen LogP contribution is 2.43. The van der Waals surface area contributed by atoms with E-state index in [1.54, 1.807) is 6.20 Å². The largest absolute Gasteiger partial charge is 0.494 e. The average molecular weight is 751 g/mol. The Kier molecular flexibility index (Phi) is 11.3. The van der Waals surface area contributed by atoms with Gasteiger partial charge in [0.15, 0.2) is 35.1 Å². The molecule has 1 aromatic carbocycles. The first kappa shape index (κ1) is 37.1. The molecule has 2 aliphatic rings. The van der Waals surface area contributed by atoms with Gasteiger partial charge >= 0.3 is 11.9 Å². The van der Waals surface area contributed by atoms with Crippen molar-refractivity contribution in [3.63, 3.8) is 0 Å². The number of carbonyl (C=O) groups is 2. The Morgan fingerprint density at radius 3 is 2.31 bits per heavy atom. The predicted octanol–water partition coefficient (Wildman–Crippen LogP) is 1.93. The summed E-state index contributed by atoms with van der Waals surface area (Å²) in [5.74, 6) is -5.15. The molecular weight excluding hydrogens is 717 g/mol. The average Bonchev–Trinajstić information content (AvgIpc) is 3.83. The van der Waals surface area contributed by atoms with Gasteiger partial charge in [0, 0.05) is 19.6 Å². The highest BCUT2D eigenvalue weighted by molar-refractivity contribution is 8.00. The van der Waals surface area contributed by atoms with Crippen molar-refractivity contribution in [1.29, 1.82) is 0 Å². The van der Waals surface area contributed by atoms with Gasteiger partial charge in [-0.1, -0.05) is 10.4 Å². The molecular formula is C31H33F3N8O9S. The van der Waals surface area contributed by atoms with Gasteiger partial charge in [0.25, 0.3) is 0 Å². The van der Waals surface area contributed by atoms with Gasteiger partial charge in [0.05, 0.1) is 70.0 Å². The van der Waals surface area contributed by atoms with Crippen molar-refractivity contribution in [3.05, 3.63) is 54.4 Å². The Morgan fingerprint density at radius 2 is 1.65 bits per heavy atom. The van der Waals surface area contributed by atoms with E-state index in [1.165, 1.54) is 49.3 Å². The molecule has 0 radical (unpaired) electrons. The van der Waals surface area contributed by atoms with Crippen LogP contribution in [0, 0.1) is 17.5 Å². The van der Waals surface area contributed by atoms with Crippen LogP contribution in [0.15, 0.2) is 36.9 Å². The molecule has 0 unspecified atom stereocenters. The molecule has 0 saturated carbocycles. The number of esters is 2. The number of thioether (sulfide) groups is 1. The zero-order chi connectivity index (χ0) is 37.1. The fourth-order valence-electron chi connectivity index (χ4n) is 5.93. The highest BCUT2D eigenvalue weighted by Gasteiger charge is 2.52. The number of halogens is 3. The molecule has 17 nitrogen and oxygen atoms in total. The zero-order valence-electron chi connectivity index (χ0n) is 28.0. The minimum absolute atomic E-state index is 0.0411. The molecule has 0 bridgehead atoms. The number of nitrogens with zero attached hydrogens (tertiary/aromatic N) is 8. The first-order chi connectivity index (χ1) is 25.0. The van der Waals surface area contributed by atoms with Crippen molar-refractivity contribution in [3.8, 4) is 28.5 Å². The fourth-order valence-corrected chi connectivity index (χ4v) is 7.43. The lowest BCUT2D eigenvalue weighted by Gasteiger charge is -2.46. The maximum atomic E-state index is 14.1. The quantitative estimate of drug-likeness (QED) is 0.172. The number of aliphatic hydroxyl groups excluding tert-OH is 1. The van der Waals surface area contributed by atoms with Crippen LogP contribution in [0.5, 0.6) is 5.75 Å². The van der Waals surface area contributed by atoms with Gasteiger partial charge in [-0.05, 0) is 12.1 Å². The van der Waals surface area contributed by atoms with E-state index in [4.69, 9.17) is 28.4 Å². The van der Waals surface area contributed by atoms with Crippen molar-refractivity contribution in [2.24, 2.45) is 0 Å². The van der Waals surface area contributed by atoms with Gasteiger partial charge < -0.3 is 33.5 Å². The minimum atomic E-state index is -1.65. The fraction of sp³-hybridized carbons (Fsp3) is 0.484. The van der Waals surface area contributed by atoms with Crippen LogP contribution in [-0.4, -0.2) is 127 Å². The van der Waals surface area contributed by atoms with E-state index >= 15 is 0 Å². The summed E-state index contributed by atoms with van der Waals surface area (Å²) in [7, 11) is 4.05. The van der Waals surface area contributed by atoms with Gasteiger partial charge in [-0.15, -0.1) is 22.0 Å². The van der Waals surface area contributed by atoms with Gasteiger partial charge in [-0.3, -0.25) is 9.59 Å². The maximum Gasteiger partial charge on any atom is 0.308 e. The van der Waals surface area contributed by atoms with E-state index in [1.807, 2.05) is 0 Å². The molecule has 3 aromatic heterocycles. The van der Waals surface area contributed by atoms with Crippen LogP contribution in [-0.2, 0) is 33.3 Å². The first-order valence-corrected chi connectivity index (χ1v) is 16.6. The number of aliphatic hydroxyl groups is 1. The molecule has 278 valence electrons. The van der Waals surface area contributed by atoms with Gasteiger partial charge in [-0.25, -0.2) is 32.5 Å². The van der Waals surface area contributed by atoms with Crippen molar-refractivity contribution in [2.45, 2.75) is 60.5 Å². The number of aromatic nitrogens is 8. The smallest absolute Gasteiger partial charge is 0.308 e. The normalized spacial score (nSPS) is 26.2. The second kappa shape index (κ2) is 15.9. The molecule has 5 heterocycles. The summed E-state index contributed by atoms with van der Waals surface area (Å²) in [6.07, 6.45) is 1.07. The molecule has 2 aliphatic heterocycles. The summed E-state index contributed by atoms with van der Waals surface area (Å²) in [6.45, 7) is 1.34. The molecule has 1 N–H and O–H groups in total. The Morgan fingerprint density at radius 1 is 0.981 bits per heavy atom. The lowest BCUT2D eigenvalue weighted by atomic mass is 9.94. The third kappa shape index (κ3) is 7.72. The van der Waals surface area contributed by atoms with E-state index in [0.717, 1.165) is 30.8 Å². The maximum absolute atomic E-state index is 14.1. The third-order valence-electron chi connectivity index (χ3n) is 8.48. The van der Waals surface area contributed by atoms with Gasteiger partial charge in [0.1, 0.15) is 41.1 Å². The van der Waals surface area contributed by atoms with E-state index in [9.17, 15) is 27.9 Å². The zero-order valence-corrected chi connectivity index (χ0v) is 28.9. The standard InChI is InChI=1S/C31H33F3N8O9S/c1-14(43)50-28-22(7-24(44)47-3)51-31(29(48-4)26(28)42-10-19(37-40-42)15-5-17(32)25(34)18(33)6-15)52-23-13-49-12-21(27(23)45)41-11-20(38-39-41)30-35-8-16(46-2)9-36-30/h5-6,8-11,21-23,26-29,31,45H,7,12-13H2,1-4H3/t21-,22+,23+,26-,27+,28-,29+,31-/m0/s1. The highest BCUT2D eigenvalue weighted by atomic mass is 32.2. The van der Waals surface area contributed by atoms with Gasteiger partial charge in [0.2, 0.25) is 0 Å². The van der Waals surface area contributed by atoms with Crippen LogP contribution < -0.4 is 4.74 Å². The SMILES string of the molecule is COC(=O)C[C@H]1O[C@@H](S[C@@H]2COC[C@H](n3cc(-c4ncc(OC)cn4)nn3)[C@H]2O)[C@H](OC)[C@@H](n2cc(-c3cc(F)c(F)c(F)c3)nn2)[C@H]1OC(C)=O. The Balaban J connectivity index is 1.29. The molecule has 0 spiro atoms. The monoisotopic (exact) mass is 750 g/mol. The topological polar surface area (TPSA) is 197 Å². The van der Waals surface area contributed by atoms with Crippen LogP contribution in [0.3, 0.4) is 0 Å². The molecule has 21 heteroatoms. The minimum Gasteiger partial charge on any atom is -0.494 e. The predicted molar refractivity (Wildman–Crippen MR) is 171 cm³/mol. The summed E-state index contributed by atoms with van der Waals surface area (Å²) in [5, 5.41) is 27.4. The number of hydrogen-bond donors (Lipinski definition) is 1.